The fraction of sp³-hybridized carbons (Fsp3) is 0.500. The Hall–Kier alpha value is -1.89. The lowest BCUT2D eigenvalue weighted by Gasteiger charge is -2.35. The Morgan fingerprint density at radius 3 is 2.71 bits per heavy atom. The highest BCUT2D eigenvalue weighted by Crippen LogP contribution is 2.28. The second-order valence-electron chi connectivity index (χ2n) is 4.42. The number of nitrogens with zero attached hydrogens (tertiary/aromatic N) is 2. The van der Waals surface area contributed by atoms with Gasteiger partial charge in [-0.2, -0.15) is 13.2 Å². The van der Waals surface area contributed by atoms with Gasteiger partial charge in [-0.1, -0.05) is 5.92 Å². The number of anilines is 1. The van der Waals surface area contributed by atoms with Crippen LogP contribution in [0.4, 0.5) is 19.1 Å². The zero-order valence-electron chi connectivity index (χ0n) is 10.6. The zero-order valence-corrected chi connectivity index (χ0v) is 10.6. The van der Waals surface area contributed by atoms with Crippen LogP contribution in [0.3, 0.4) is 0 Å². The molecule has 0 spiro atoms. The molecule has 1 aromatic heterocycles. The summed E-state index contributed by atoms with van der Waals surface area (Å²) in [5, 5.41) is 22.0. The van der Waals surface area contributed by atoms with Crippen LogP contribution in [0.25, 0.3) is 0 Å². The number of ether oxygens (including phenoxy) is 1. The Kier molecular flexibility index (Phi) is 4.32. The number of alkyl halides is 3. The lowest BCUT2D eigenvalue weighted by atomic mass is 9.98. The molecule has 114 valence electrons. The van der Waals surface area contributed by atoms with Gasteiger partial charge < -0.3 is 20.3 Å². The van der Waals surface area contributed by atoms with E-state index in [1.165, 1.54) is 0 Å². The molecule has 2 rings (SSSR count). The van der Waals surface area contributed by atoms with Crippen LogP contribution in [0.1, 0.15) is 5.69 Å². The van der Waals surface area contributed by atoms with Crippen LogP contribution >= 0.6 is 0 Å². The van der Waals surface area contributed by atoms with E-state index in [4.69, 9.17) is 11.2 Å². The molecule has 4 unspecified atom stereocenters. The van der Waals surface area contributed by atoms with E-state index in [0.29, 0.717) is 0 Å². The van der Waals surface area contributed by atoms with Crippen LogP contribution in [0.5, 0.6) is 0 Å². The summed E-state index contributed by atoms with van der Waals surface area (Å²) in [5.74, 6) is 1.83. The monoisotopic (exact) mass is 303 g/mol. The molecular formula is C12H12F3N3O3. The predicted octanol–water partition coefficient (Wildman–Crippen LogP) is 0.0297. The van der Waals surface area contributed by atoms with E-state index in [1.54, 1.807) is 0 Å². The van der Waals surface area contributed by atoms with Crippen LogP contribution in [0, 0.1) is 12.3 Å². The number of nitrogens with one attached hydrogen (secondary N) is 1. The van der Waals surface area contributed by atoms with Gasteiger partial charge in [0.25, 0.3) is 0 Å². The highest BCUT2D eigenvalue weighted by atomic mass is 19.4. The molecule has 0 saturated carbocycles. The lowest BCUT2D eigenvalue weighted by Crippen LogP contribution is -2.55. The van der Waals surface area contributed by atoms with E-state index < -0.39 is 36.2 Å². The summed E-state index contributed by atoms with van der Waals surface area (Å²) in [6, 6.07) is -0.157. The maximum Gasteiger partial charge on any atom is 0.433 e. The standard InChI is InChI=1S/C12H12F3N3O3/c1-2-7-10(20)9(19)6(5-21-7)17-11-16-4-3-8(18-11)12(13,14)15/h1,3-4,6-7,9-10,19-20H,5H2,(H,16,17,18). The smallest absolute Gasteiger partial charge is 0.388 e. The van der Waals surface area contributed by atoms with Crippen molar-refractivity contribution in [2.24, 2.45) is 0 Å². The van der Waals surface area contributed by atoms with Gasteiger partial charge in [0.2, 0.25) is 5.95 Å². The van der Waals surface area contributed by atoms with Crippen molar-refractivity contribution in [2.45, 2.75) is 30.5 Å². The molecule has 6 nitrogen and oxygen atoms in total. The molecule has 0 bridgehead atoms. The molecule has 0 aromatic carbocycles. The maximum absolute atomic E-state index is 12.5. The van der Waals surface area contributed by atoms with E-state index in [-0.39, 0.29) is 12.6 Å². The number of aromatic nitrogens is 2. The van der Waals surface area contributed by atoms with Crippen molar-refractivity contribution in [3.63, 3.8) is 0 Å². The van der Waals surface area contributed by atoms with Gasteiger partial charge in [-0.25, -0.2) is 9.97 Å². The average Bonchev–Trinajstić information content (AvgIpc) is 2.44. The molecule has 1 aliphatic rings. The average molecular weight is 303 g/mol. The molecule has 1 saturated heterocycles. The fourth-order valence-corrected chi connectivity index (χ4v) is 1.85. The lowest BCUT2D eigenvalue weighted by molar-refractivity contribution is -0.141. The first-order valence-corrected chi connectivity index (χ1v) is 5.93. The third-order valence-electron chi connectivity index (χ3n) is 2.95. The van der Waals surface area contributed by atoms with Crippen molar-refractivity contribution in [2.75, 3.05) is 11.9 Å². The third-order valence-corrected chi connectivity index (χ3v) is 2.95. The number of rotatable bonds is 2. The van der Waals surface area contributed by atoms with Gasteiger partial charge in [0.05, 0.1) is 12.6 Å². The minimum absolute atomic E-state index is 0.104. The topological polar surface area (TPSA) is 87.5 Å². The summed E-state index contributed by atoms with van der Waals surface area (Å²) in [4.78, 5) is 6.94. The van der Waals surface area contributed by atoms with Gasteiger partial charge in [-0.15, -0.1) is 6.42 Å². The molecule has 3 N–H and O–H groups in total. The van der Waals surface area contributed by atoms with E-state index in [9.17, 15) is 23.4 Å². The van der Waals surface area contributed by atoms with Gasteiger partial charge in [0.1, 0.15) is 24.0 Å². The van der Waals surface area contributed by atoms with E-state index in [0.717, 1.165) is 12.3 Å². The van der Waals surface area contributed by atoms with Crippen LogP contribution < -0.4 is 5.32 Å². The quantitative estimate of drug-likeness (QED) is 0.668. The number of terminal acetylenes is 1. The fourth-order valence-electron chi connectivity index (χ4n) is 1.85. The van der Waals surface area contributed by atoms with Crippen molar-refractivity contribution >= 4 is 5.95 Å². The molecule has 9 heteroatoms. The highest BCUT2D eigenvalue weighted by Gasteiger charge is 2.38. The first-order valence-electron chi connectivity index (χ1n) is 5.93. The Morgan fingerprint density at radius 2 is 2.10 bits per heavy atom. The SMILES string of the molecule is C#CC1OCC(Nc2nccc(C(F)(F)F)n2)C(O)C1O. The second kappa shape index (κ2) is 5.85. The minimum Gasteiger partial charge on any atom is -0.388 e. The Labute approximate surface area is 118 Å². The summed E-state index contributed by atoms with van der Waals surface area (Å²) in [7, 11) is 0. The minimum atomic E-state index is -4.60. The van der Waals surface area contributed by atoms with Gasteiger partial charge in [0, 0.05) is 6.20 Å². The first-order chi connectivity index (χ1) is 9.82. The summed E-state index contributed by atoms with van der Waals surface area (Å²) in [6.45, 7) is -0.104. The number of halogens is 3. The zero-order chi connectivity index (χ0) is 15.6. The van der Waals surface area contributed by atoms with Crippen LogP contribution in [0.15, 0.2) is 12.3 Å². The summed E-state index contributed by atoms with van der Waals surface area (Å²) in [6.07, 6.45) is -2.20. The largest absolute Gasteiger partial charge is 0.433 e. The predicted molar refractivity (Wildman–Crippen MR) is 65.0 cm³/mol. The molecule has 0 aliphatic carbocycles. The summed E-state index contributed by atoms with van der Waals surface area (Å²) >= 11 is 0. The maximum atomic E-state index is 12.5. The normalized spacial score (nSPS) is 29.7. The molecule has 0 amide bonds. The Morgan fingerprint density at radius 1 is 1.38 bits per heavy atom. The molecule has 1 aromatic rings. The Balaban J connectivity index is 2.11. The molecule has 4 atom stereocenters. The molecule has 1 fully saturated rings. The van der Waals surface area contributed by atoms with Gasteiger partial charge in [-0.3, -0.25) is 0 Å². The third kappa shape index (κ3) is 3.41. The molecule has 1 aliphatic heterocycles. The first kappa shape index (κ1) is 15.5. The van der Waals surface area contributed by atoms with Crippen molar-refractivity contribution in [3.05, 3.63) is 18.0 Å². The summed E-state index contributed by atoms with van der Waals surface area (Å²) < 4.78 is 42.7. The second-order valence-corrected chi connectivity index (χ2v) is 4.42. The van der Waals surface area contributed by atoms with Crippen molar-refractivity contribution in [3.8, 4) is 12.3 Å². The van der Waals surface area contributed by atoms with Gasteiger partial charge in [0.15, 0.2) is 0 Å². The van der Waals surface area contributed by atoms with E-state index >= 15 is 0 Å². The van der Waals surface area contributed by atoms with E-state index in [2.05, 4.69) is 21.2 Å². The summed E-state index contributed by atoms with van der Waals surface area (Å²) in [5.41, 5.74) is -1.12. The highest BCUT2D eigenvalue weighted by molar-refractivity contribution is 5.29. The molecular weight excluding hydrogens is 291 g/mol. The number of hydrogen-bond donors (Lipinski definition) is 3. The molecule has 21 heavy (non-hydrogen) atoms. The van der Waals surface area contributed by atoms with Crippen molar-refractivity contribution < 1.29 is 28.1 Å². The van der Waals surface area contributed by atoms with Gasteiger partial charge >= 0.3 is 6.18 Å². The van der Waals surface area contributed by atoms with Crippen molar-refractivity contribution in [1.82, 2.24) is 9.97 Å². The van der Waals surface area contributed by atoms with E-state index in [1.807, 2.05) is 0 Å². The van der Waals surface area contributed by atoms with Crippen LogP contribution in [-0.2, 0) is 10.9 Å². The molecule has 0 radical (unpaired) electrons. The number of aliphatic hydroxyl groups excluding tert-OH is 2. The number of aliphatic hydroxyl groups is 2. The van der Waals surface area contributed by atoms with Crippen LogP contribution in [0.2, 0.25) is 0 Å². The number of hydrogen-bond acceptors (Lipinski definition) is 6. The molecule has 2 heterocycles. The van der Waals surface area contributed by atoms with Gasteiger partial charge in [-0.05, 0) is 6.07 Å². The van der Waals surface area contributed by atoms with Crippen molar-refractivity contribution in [1.29, 1.82) is 0 Å². The van der Waals surface area contributed by atoms with Crippen LogP contribution in [-0.4, -0.2) is 51.1 Å². The Bertz CT molecular complexity index is 547.